The smallest absolute Gasteiger partial charge is 0.119 e. The molecule has 0 bridgehead atoms. The van der Waals surface area contributed by atoms with E-state index < -0.39 is 0 Å². The fraction of sp³-hybridized carbons (Fsp3) is 0.150. The molecule has 0 atom stereocenters. The number of halogens is 1. The number of hydrogen-bond donors (Lipinski definition) is 3. The van der Waals surface area contributed by atoms with Gasteiger partial charge in [0.25, 0.3) is 0 Å². The van der Waals surface area contributed by atoms with Crippen molar-refractivity contribution in [2.24, 2.45) is 0 Å². The molecule has 0 aliphatic carbocycles. The van der Waals surface area contributed by atoms with Crippen LogP contribution in [-0.4, -0.2) is 22.3 Å². The van der Waals surface area contributed by atoms with Crippen LogP contribution in [0, 0.1) is 0 Å². The van der Waals surface area contributed by atoms with Crippen LogP contribution in [-0.2, 0) is 13.1 Å². The molecule has 6 heteroatoms. The van der Waals surface area contributed by atoms with E-state index in [1.54, 1.807) is 7.11 Å². The fourth-order valence-corrected chi connectivity index (χ4v) is 3.44. The third kappa shape index (κ3) is 3.52. The van der Waals surface area contributed by atoms with E-state index in [1.165, 1.54) is 5.39 Å². The van der Waals surface area contributed by atoms with Crippen LogP contribution >= 0.6 is 15.9 Å². The van der Waals surface area contributed by atoms with Gasteiger partial charge in [-0.3, -0.25) is 5.10 Å². The average Bonchev–Trinajstić information content (AvgIpc) is 3.28. The van der Waals surface area contributed by atoms with E-state index in [-0.39, 0.29) is 0 Å². The Hall–Kier alpha value is -2.57. The van der Waals surface area contributed by atoms with Gasteiger partial charge >= 0.3 is 0 Å². The van der Waals surface area contributed by atoms with Crippen molar-refractivity contribution in [3.05, 3.63) is 70.5 Å². The highest BCUT2D eigenvalue weighted by atomic mass is 79.9. The van der Waals surface area contributed by atoms with Gasteiger partial charge < -0.3 is 15.0 Å². The Kier molecular flexibility index (Phi) is 4.77. The number of aromatic amines is 2. The van der Waals surface area contributed by atoms with Gasteiger partial charge in [-0.15, -0.1) is 0 Å². The molecule has 4 aromatic rings. The highest BCUT2D eigenvalue weighted by molar-refractivity contribution is 9.10. The second-order valence-electron chi connectivity index (χ2n) is 6.13. The van der Waals surface area contributed by atoms with E-state index >= 15 is 0 Å². The minimum atomic E-state index is 0.724. The lowest BCUT2D eigenvalue weighted by Crippen LogP contribution is -2.13. The first-order valence-corrected chi connectivity index (χ1v) is 9.17. The van der Waals surface area contributed by atoms with Gasteiger partial charge in [-0.2, -0.15) is 5.10 Å². The van der Waals surface area contributed by atoms with Crippen molar-refractivity contribution < 1.29 is 4.74 Å². The molecule has 0 saturated heterocycles. The maximum Gasteiger partial charge on any atom is 0.119 e. The summed E-state index contributed by atoms with van der Waals surface area (Å²) in [5, 5.41) is 12.0. The summed E-state index contributed by atoms with van der Waals surface area (Å²) >= 11 is 3.51. The van der Waals surface area contributed by atoms with Gasteiger partial charge in [-0.1, -0.05) is 28.1 Å². The Morgan fingerprint density at radius 3 is 2.92 bits per heavy atom. The molecule has 0 aliphatic heterocycles. The molecular formula is C20H19BrN4O. The predicted octanol–water partition coefficient (Wildman–Crippen LogP) is 4.62. The van der Waals surface area contributed by atoms with Crippen LogP contribution in [0.15, 0.2) is 59.2 Å². The number of nitrogens with zero attached hydrogens (tertiary/aromatic N) is 1. The van der Waals surface area contributed by atoms with Crippen LogP contribution in [0.3, 0.4) is 0 Å². The van der Waals surface area contributed by atoms with Crippen LogP contribution in [0.1, 0.15) is 11.3 Å². The first kappa shape index (κ1) is 16.9. The van der Waals surface area contributed by atoms with Crippen LogP contribution in [0.4, 0.5) is 0 Å². The lowest BCUT2D eigenvalue weighted by Gasteiger charge is -2.06. The van der Waals surface area contributed by atoms with Gasteiger partial charge in [0.1, 0.15) is 5.75 Å². The van der Waals surface area contributed by atoms with E-state index in [1.807, 2.05) is 30.5 Å². The maximum atomic E-state index is 5.31. The molecule has 26 heavy (non-hydrogen) atoms. The molecule has 0 saturated carbocycles. The highest BCUT2D eigenvalue weighted by Crippen LogP contribution is 2.25. The van der Waals surface area contributed by atoms with Gasteiger partial charge in [0.15, 0.2) is 0 Å². The zero-order valence-corrected chi connectivity index (χ0v) is 15.9. The lowest BCUT2D eigenvalue weighted by molar-refractivity contribution is 0.415. The van der Waals surface area contributed by atoms with Crippen LogP contribution < -0.4 is 10.1 Å². The van der Waals surface area contributed by atoms with Crippen LogP contribution in [0.25, 0.3) is 22.2 Å². The minimum absolute atomic E-state index is 0.724. The van der Waals surface area contributed by atoms with Crippen molar-refractivity contribution in [2.45, 2.75) is 13.1 Å². The number of hydrogen-bond acceptors (Lipinski definition) is 3. The Bertz CT molecular complexity index is 1040. The van der Waals surface area contributed by atoms with Crippen molar-refractivity contribution >= 4 is 26.8 Å². The van der Waals surface area contributed by atoms with Crippen LogP contribution in [0.5, 0.6) is 5.75 Å². The Labute approximate surface area is 159 Å². The largest absolute Gasteiger partial charge is 0.497 e. The molecule has 0 spiro atoms. The SMILES string of the molecule is COc1cccc(-c2[nH]ncc2CNCc2cc3cc(Br)ccc3[nH]2)c1. The molecule has 132 valence electrons. The molecular weight excluding hydrogens is 392 g/mol. The summed E-state index contributed by atoms with van der Waals surface area (Å²) in [6, 6.07) is 16.4. The molecule has 3 N–H and O–H groups in total. The summed E-state index contributed by atoms with van der Waals surface area (Å²) in [5.41, 5.74) is 5.50. The van der Waals surface area contributed by atoms with Gasteiger partial charge in [0.05, 0.1) is 19.0 Å². The standard InChI is InChI=1S/C20H19BrN4O/c1-26-18-4-2-3-13(9-18)20-15(11-23-25-20)10-22-12-17-8-14-7-16(21)5-6-19(14)24-17/h2-9,11,22,24H,10,12H2,1H3,(H,23,25). The first-order chi connectivity index (χ1) is 12.7. The third-order valence-electron chi connectivity index (χ3n) is 4.35. The van der Waals surface area contributed by atoms with E-state index in [0.717, 1.165) is 51.3 Å². The minimum Gasteiger partial charge on any atom is -0.497 e. The fourth-order valence-electron chi connectivity index (χ4n) is 3.06. The summed E-state index contributed by atoms with van der Waals surface area (Å²) in [7, 11) is 1.67. The molecule has 0 fully saturated rings. The second kappa shape index (κ2) is 7.35. The molecule has 2 heterocycles. The molecule has 0 amide bonds. The maximum absolute atomic E-state index is 5.31. The number of ether oxygens (including phenoxy) is 1. The molecule has 0 aliphatic rings. The zero-order chi connectivity index (χ0) is 17.9. The summed E-state index contributed by atoms with van der Waals surface area (Å²) in [5.74, 6) is 0.834. The number of rotatable bonds is 6. The second-order valence-corrected chi connectivity index (χ2v) is 7.05. The number of methoxy groups -OCH3 is 1. The summed E-state index contributed by atoms with van der Waals surface area (Å²) in [6.45, 7) is 1.48. The van der Waals surface area contributed by atoms with Crippen molar-refractivity contribution in [3.8, 4) is 17.0 Å². The van der Waals surface area contributed by atoms with Gasteiger partial charge in [-0.05, 0) is 36.4 Å². The normalized spacial score (nSPS) is 11.2. The van der Waals surface area contributed by atoms with Crippen molar-refractivity contribution in [1.82, 2.24) is 20.5 Å². The first-order valence-electron chi connectivity index (χ1n) is 8.37. The number of benzene rings is 2. The van der Waals surface area contributed by atoms with E-state index in [9.17, 15) is 0 Å². The molecule has 5 nitrogen and oxygen atoms in total. The Balaban J connectivity index is 1.46. The Morgan fingerprint density at radius 1 is 1.12 bits per heavy atom. The van der Waals surface area contributed by atoms with Crippen LogP contribution in [0.2, 0.25) is 0 Å². The quantitative estimate of drug-likeness (QED) is 0.434. The van der Waals surface area contributed by atoms with Gasteiger partial charge in [0, 0.05) is 45.3 Å². The number of aromatic nitrogens is 3. The van der Waals surface area contributed by atoms with Gasteiger partial charge in [-0.25, -0.2) is 0 Å². The number of H-pyrrole nitrogens is 2. The molecule has 2 aromatic heterocycles. The van der Waals surface area contributed by atoms with E-state index in [4.69, 9.17) is 4.74 Å². The molecule has 4 rings (SSSR count). The van der Waals surface area contributed by atoms with E-state index in [2.05, 4.69) is 60.7 Å². The highest BCUT2D eigenvalue weighted by Gasteiger charge is 2.09. The Morgan fingerprint density at radius 2 is 2.04 bits per heavy atom. The molecule has 2 aromatic carbocycles. The summed E-state index contributed by atoms with van der Waals surface area (Å²) in [6.07, 6.45) is 1.87. The average molecular weight is 411 g/mol. The summed E-state index contributed by atoms with van der Waals surface area (Å²) < 4.78 is 6.40. The number of nitrogens with one attached hydrogen (secondary N) is 3. The summed E-state index contributed by atoms with van der Waals surface area (Å²) in [4.78, 5) is 3.44. The number of fused-ring (bicyclic) bond motifs is 1. The van der Waals surface area contributed by atoms with Crippen molar-refractivity contribution in [1.29, 1.82) is 0 Å². The predicted molar refractivity (Wildman–Crippen MR) is 107 cm³/mol. The lowest BCUT2D eigenvalue weighted by atomic mass is 10.1. The van der Waals surface area contributed by atoms with E-state index in [0.29, 0.717) is 0 Å². The third-order valence-corrected chi connectivity index (χ3v) is 4.84. The van der Waals surface area contributed by atoms with Crippen molar-refractivity contribution in [3.63, 3.8) is 0 Å². The molecule has 0 radical (unpaired) electrons. The van der Waals surface area contributed by atoms with Gasteiger partial charge in [0.2, 0.25) is 0 Å². The zero-order valence-electron chi connectivity index (χ0n) is 14.3. The topological polar surface area (TPSA) is 65.7 Å². The van der Waals surface area contributed by atoms with Crippen molar-refractivity contribution in [2.75, 3.05) is 7.11 Å². The molecule has 0 unspecified atom stereocenters. The monoisotopic (exact) mass is 410 g/mol.